The van der Waals surface area contributed by atoms with Gasteiger partial charge in [-0.15, -0.1) is 0 Å². The Kier molecular flexibility index (Phi) is 4.03. The fourth-order valence-electron chi connectivity index (χ4n) is 3.21. The van der Waals surface area contributed by atoms with Crippen LogP contribution < -0.4 is 4.31 Å². The van der Waals surface area contributed by atoms with E-state index >= 15 is 0 Å². The maximum absolute atomic E-state index is 13.3. The van der Waals surface area contributed by atoms with Crippen molar-refractivity contribution < 1.29 is 12.9 Å². The Balaban J connectivity index is 1.78. The molecule has 1 aromatic heterocycles. The van der Waals surface area contributed by atoms with Gasteiger partial charge in [-0.1, -0.05) is 42.4 Å². The number of para-hydroxylation sites is 1. The van der Waals surface area contributed by atoms with Gasteiger partial charge in [0, 0.05) is 18.5 Å². The van der Waals surface area contributed by atoms with Crippen molar-refractivity contribution in [3.05, 3.63) is 59.5 Å². The van der Waals surface area contributed by atoms with E-state index in [0.717, 1.165) is 17.7 Å². The highest BCUT2D eigenvalue weighted by molar-refractivity contribution is 7.93. The molecule has 1 aliphatic heterocycles. The molecule has 134 valence electrons. The van der Waals surface area contributed by atoms with Gasteiger partial charge in [-0.05, 0) is 36.6 Å². The van der Waals surface area contributed by atoms with Crippen LogP contribution in [0.4, 0.5) is 5.69 Å². The topological polar surface area (TPSA) is 76.3 Å². The predicted octanol–water partition coefficient (Wildman–Crippen LogP) is 3.36. The third-order valence-corrected chi connectivity index (χ3v) is 6.58. The van der Waals surface area contributed by atoms with E-state index in [0.29, 0.717) is 35.8 Å². The van der Waals surface area contributed by atoms with Crippen LogP contribution in [0.2, 0.25) is 0 Å². The first-order chi connectivity index (χ1) is 12.5. The van der Waals surface area contributed by atoms with Crippen LogP contribution in [0.5, 0.6) is 0 Å². The zero-order valence-corrected chi connectivity index (χ0v) is 15.5. The van der Waals surface area contributed by atoms with E-state index in [2.05, 4.69) is 10.1 Å². The third kappa shape index (κ3) is 2.68. The van der Waals surface area contributed by atoms with Crippen molar-refractivity contribution in [3.63, 3.8) is 0 Å². The Morgan fingerprint density at radius 2 is 2.00 bits per heavy atom. The molecule has 4 rings (SSSR count). The fraction of sp³-hybridized carbons (Fsp3) is 0.263. The van der Waals surface area contributed by atoms with Crippen molar-refractivity contribution in [2.75, 3.05) is 10.8 Å². The number of hydrogen-bond acceptors (Lipinski definition) is 5. The number of sulfonamides is 1. The Morgan fingerprint density at radius 3 is 2.77 bits per heavy atom. The first-order valence-corrected chi connectivity index (χ1v) is 9.99. The number of benzene rings is 2. The molecule has 6 nitrogen and oxygen atoms in total. The summed E-state index contributed by atoms with van der Waals surface area (Å²) in [5.41, 5.74) is 3.13. The van der Waals surface area contributed by atoms with Crippen LogP contribution in [0.1, 0.15) is 23.9 Å². The Labute approximate surface area is 152 Å². The van der Waals surface area contributed by atoms with E-state index in [9.17, 15) is 8.42 Å². The summed E-state index contributed by atoms with van der Waals surface area (Å²) in [5, 5.41) is 3.95. The molecule has 26 heavy (non-hydrogen) atoms. The minimum atomic E-state index is -3.66. The lowest BCUT2D eigenvalue weighted by Gasteiger charge is -2.21. The second-order valence-corrected chi connectivity index (χ2v) is 8.13. The van der Waals surface area contributed by atoms with E-state index < -0.39 is 10.0 Å². The number of nitrogens with zero attached hydrogens (tertiary/aromatic N) is 3. The summed E-state index contributed by atoms with van der Waals surface area (Å²) >= 11 is 0. The van der Waals surface area contributed by atoms with Gasteiger partial charge >= 0.3 is 0 Å². The minimum Gasteiger partial charge on any atom is -0.339 e. The van der Waals surface area contributed by atoms with Crippen molar-refractivity contribution >= 4 is 15.7 Å². The number of aromatic nitrogens is 2. The van der Waals surface area contributed by atoms with Crippen LogP contribution >= 0.6 is 0 Å². The molecule has 1 aliphatic rings. The molecule has 2 aromatic carbocycles. The van der Waals surface area contributed by atoms with Gasteiger partial charge in [0.25, 0.3) is 10.0 Å². The maximum atomic E-state index is 13.3. The van der Waals surface area contributed by atoms with Crippen molar-refractivity contribution in [2.45, 2.75) is 31.6 Å². The molecular weight excluding hydrogens is 350 g/mol. The molecule has 0 saturated heterocycles. The maximum Gasteiger partial charge on any atom is 0.264 e. The van der Waals surface area contributed by atoms with Crippen LogP contribution in [0, 0.1) is 6.92 Å². The highest BCUT2D eigenvalue weighted by Gasteiger charge is 2.32. The van der Waals surface area contributed by atoms with E-state index in [1.165, 1.54) is 4.31 Å². The van der Waals surface area contributed by atoms with Gasteiger partial charge in [-0.3, -0.25) is 4.31 Å². The molecule has 7 heteroatoms. The summed E-state index contributed by atoms with van der Waals surface area (Å²) in [4.78, 5) is 4.57. The molecule has 0 spiro atoms. The molecule has 2 heterocycles. The number of fused-ring (bicyclic) bond motifs is 1. The molecule has 0 atom stereocenters. The van der Waals surface area contributed by atoms with Gasteiger partial charge in [-0.25, -0.2) is 8.42 Å². The molecule has 3 aromatic rings. The summed E-state index contributed by atoms with van der Waals surface area (Å²) in [6.45, 7) is 4.17. The SMILES string of the molecule is CCc1nc(-c2ccc(C)c(S(=O)(=O)N3CCc4ccccc43)c2)no1. The quantitative estimate of drug-likeness (QED) is 0.705. The Bertz CT molecular complexity index is 1070. The summed E-state index contributed by atoms with van der Waals surface area (Å²) in [6, 6.07) is 12.9. The molecule has 0 fully saturated rings. The molecule has 0 saturated carbocycles. The van der Waals surface area contributed by atoms with Crippen LogP contribution in [0.15, 0.2) is 51.9 Å². The lowest BCUT2D eigenvalue weighted by molar-refractivity contribution is 0.383. The molecule has 0 unspecified atom stereocenters. The first-order valence-electron chi connectivity index (χ1n) is 8.55. The zero-order valence-electron chi connectivity index (χ0n) is 14.6. The molecule has 0 bridgehead atoms. The number of rotatable bonds is 4. The molecular formula is C19H19N3O3S. The minimum absolute atomic E-state index is 0.273. The highest BCUT2D eigenvalue weighted by atomic mass is 32.2. The van der Waals surface area contributed by atoms with Gasteiger partial charge in [0.2, 0.25) is 11.7 Å². The van der Waals surface area contributed by atoms with Crippen LogP contribution in [0.25, 0.3) is 11.4 Å². The second-order valence-electron chi connectivity index (χ2n) is 6.30. The molecule has 0 N–H and O–H groups in total. The monoisotopic (exact) mass is 369 g/mol. The summed E-state index contributed by atoms with van der Waals surface area (Å²) in [7, 11) is -3.66. The van der Waals surface area contributed by atoms with Gasteiger partial charge in [-0.2, -0.15) is 4.98 Å². The molecule has 0 radical (unpaired) electrons. The lowest BCUT2D eigenvalue weighted by atomic mass is 10.1. The van der Waals surface area contributed by atoms with Crippen molar-refractivity contribution in [2.24, 2.45) is 0 Å². The zero-order chi connectivity index (χ0) is 18.3. The standard InChI is InChI=1S/C19H19N3O3S/c1-3-18-20-19(21-25-18)15-9-8-13(2)17(12-15)26(23,24)22-11-10-14-6-4-5-7-16(14)22/h4-9,12H,3,10-11H2,1-2H3. The fourth-order valence-corrected chi connectivity index (χ4v) is 4.97. The second kappa shape index (κ2) is 6.25. The van der Waals surface area contributed by atoms with Crippen molar-refractivity contribution in [3.8, 4) is 11.4 Å². The van der Waals surface area contributed by atoms with Gasteiger partial charge < -0.3 is 4.52 Å². The normalized spacial score (nSPS) is 13.8. The van der Waals surface area contributed by atoms with E-state index in [1.807, 2.05) is 37.3 Å². The first kappa shape index (κ1) is 16.8. The van der Waals surface area contributed by atoms with Crippen LogP contribution in [-0.2, 0) is 22.9 Å². The molecule has 0 aliphatic carbocycles. The van der Waals surface area contributed by atoms with Crippen molar-refractivity contribution in [1.82, 2.24) is 10.1 Å². The van der Waals surface area contributed by atoms with E-state index in [4.69, 9.17) is 4.52 Å². The smallest absolute Gasteiger partial charge is 0.264 e. The Morgan fingerprint density at radius 1 is 1.19 bits per heavy atom. The summed E-state index contributed by atoms with van der Waals surface area (Å²) in [5.74, 6) is 0.929. The summed E-state index contributed by atoms with van der Waals surface area (Å²) in [6.07, 6.45) is 1.35. The highest BCUT2D eigenvalue weighted by Crippen LogP contribution is 2.34. The van der Waals surface area contributed by atoms with Gasteiger partial charge in [0.15, 0.2) is 0 Å². The van der Waals surface area contributed by atoms with Gasteiger partial charge in [0.05, 0.1) is 10.6 Å². The van der Waals surface area contributed by atoms with E-state index in [-0.39, 0.29) is 4.90 Å². The van der Waals surface area contributed by atoms with Crippen molar-refractivity contribution in [1.29, 1.82) is 0 Å². The molecule has 0 amide bonds. The largest absolute Gasteiger partial charge is 0.339 e. The number of aryl methyl sites for hydroxylation is 2. The number of hydrogen-bond donors (Lipinski definition) is 0. The predicted molar refractivity (Wildman–Crippen MR) is 98.5 cm³/mol. The number of anilines is 1. The Hall–Kier alpha value is -2.67. The van der Waals surface area contributed by atoms with Crippen LogP contribution in [-0.4, -0.2) is 25.1 Å². The third-order valence-electron chi connectivity index (χ3n) is 4.63. The van der Waals surface area contributed by atoms with Gasteiger partial charge in [0.1, 0.15) is 0 Å². The van der Waals surface area contributed by atoms with E-state index in [1.54, 1.807) is 19.1 Å². The average molecular weight is 369 g/mol. The lowest BCUT2D eigenvalue weighted by Crippen LogP contribution is -2.29. The van der Waals surface area contributed by atoms with Crippen LogP contribution in [0.3, 0.4) is 0 Å². The summed E-state index contributed by atoms with van der Waals surface area (Å²) < 4.78 is 33.3. The average Bonchev–Trinajstić information content (AvgIpc) is 3.29.